The number of nitrogens with zero attached hydrogens (tertiary/aromatic N) is 1. The molecule has 3 rings (SSSR count). The maximum atomic E-state index is 12.5. The molecule has 0 fully saturated rings. The third-order valence-electron chi connectivity index (χ3n) is 4.13. The van der Waals surface area contributed by atoms with Crippen molar-refractivity contribution in [2.75, 3.05) is 12.4 Å². The average molecular weight is 361 g/mol. The Balaban J connectivity index is 1.70. The van der Waals surface area contributed by atoms with Crippen LogP contribution in [0.3, 0.4) is 0 Å². The van der Waals surface area contributed by atoms with Crippen molar-refractivity contribution in [2.45, 2.75) is 20.4 Å². The maximum absolute atomic E-state index is 12.5. The van der Waals surface area contributed by atoms with Crippen molar-refractivity contribution < 1.29 is 9.53 Å². The van der Waals surface area contributed by atoms with Gasteiger partial charge in [-0.15, -0.1) is 0 Å². The predicted octanol–water partition coefficient (Wildman–Crippen LogP) is 4.38. The van der Waals surface area contributed by atoms with Gasteiger partial charge in [0.15, 0.2) is 0 Å². The van der Waals surface area contributed by atoms with Gasteiger partial charge >= 0.3 is 0 Å². The first-order valence-corrected chi connectivity index (χ1v) is 8.76. The highest BCUT2D eigenvalue weighted by molar-refractivity contribution is 5.93. The number of amides is 1. The molecule has 0 saturated carbocycles. The Bertz CT molecular complexity index is 934. The van der Waals surface area contributed by atoms with E-state index in [4.69, 9.17) is 4.74 Å². The molecule has 5 nitrogen and oxygen atoms in total. The van der Waals surface area contributed by atoms with E-state index in [1.807, 2.05) is 30.3 Å². The number of hydrogen-bond donors (Lipinski definition) is 2. The third kappa shape index (κ3) is 4.85. The monoisotopic (exact) mass is 361 g/mol. The average Bonchev–Trinajstić information content (AvgIpc) is 2.65. The molecular formula is C22H23N3O2. The summed E-state index contributed by atoms with van der Waals surface area (Å²) in [7, 11) is 1.62. The third-order valence-corrected chi connectivity index (χ3v) is 4.13. The molecule has 2 aromatic carbocycles. The summed E-state index contributed by atoms with van der Waals surface area (Å²) in [5.74, 6) is 0.515. The number of ether oxygens (including phenoxy) is 1. The summed E-state index contributed by atoms with van der Waals surface area (Å²) in [6.45, 7) is 4.49. The molecule has 0 spiro atoms. The van der Waals surface area contributed by atoms with Crippen LogP contribution in [-0.4, -0.2) is 18.0 Å². The van der Waals surface area contributed by atoms with E-state index in [0.29, 0.717) is 12.2 Å². The first kappa shape index (κ1) is 18.5. The number of anilines is 2. The molecule has 0 radical (unpaired) electrons. The fraction of sp³-hybridized carbons (Fsp3) is 0.182. The normalized spacial score (nSPS) is 10.3. The van der Waals surface area contributed by atoms with E-state index in [-0.39, 0.29) is 5.91 Å². The number of rotatable bonds is 6. The lowest BCUT2D eigenvalue weighted by Crippen LogP contribution is -2.24. The summed E-state index contributed by atoms with van der Waals surface area (Å²) in [5, 5.41) is 6.22. The zero-order valence-electron chi connectivity index (χ0n) is 15.7. The van der Waals surface area contributed by atoms with Crippen molar-refractivity contribution in [3.63, 3.8) is 0 Å². The molecule has 0 aliphatic heterocycles. The van der Waals surface area contributed by atoms with Crippen molar-refractivity contribution in [3.05, 3.63) is 83.2 Å². The summed E-state index contributed by atoms with van der Waals surface area (Å²) < 4.78 is 5.31. The molecule has 3 aromatic rings. The second kappa shape index (κ2) is 8.36. The van der Waals surface area contributed by atoms with Crippen molar-refractivity contribution >= 4 is 17.3 Å². The minimum Gasteiger partial charge on any atom is -0.496 e. The molecule has 27 heavy (non-hydrogen) atoms. The number of carbonyl (C=O) groups excluding carboxylic acids is 1. The van der Waals surface area contributed by atoms with E-state index in [1.54, 1.807) is 19.4 Å². The van der Waals surface area contributed by atoms with Gasteiger partial charge in [0, 0.05) is 29.7 Å². The molecule has 138 valence electrons. The van der Waals surface area contributed by atoms with Crippen LogP contribution in [0.2, 0.25) is 0 Å². The minimum atomic E-state index is -0.232. The molecular weight excluding hydrogens is 338 g/mol. The van der Waals surface area contributed by atoms with Crippen LogP contribution in [-0.2, 0) is 6.54 Å². The molecule has 0 aliphatic rings. The second-order valence-electron chi connectivity index (χ2n) is 6.43. The highest BCUT2D eigenvalue weighted by Gasteiger charge is 2.10. The molecule has 1 aromatic heterocycles. The zero-order chi connectivity index (χ0) is 19.2. The number of aromatic nitrogens is 1. The van der Waals surface area contributed by atoms with Gasteiger partial charge in [-0.2, -0.15) is 0 Å². The van der Waals surface area contributed by atoms with Gasteiger partial charge < -0.3 is 15.4 Å². The van der Waals surface area contributed by atoms with Crippen LogP contribution in [0.5, 0.6) is 5.75 Å². The molecule has 5 heteroatoms. The van der Waals surface area contributed by atoms with Gasteiger partial charge in [0.1, 0.15) is 11.4 Å². The van der Waals surface area contributed by atoms with Gasteiger partial charge in [0.2, 0.25) is 0 Å². The van der Waals surface area contributed by atoms with E-state index in [1.165, 1.54) is 11.1 Å². The van der Waals surface area contributed by atoms with Crippen LogP contribution in [0, 0.1) is 13.8 Å². The van der Waals surface area contributed by atoms with Crippen LogP contribution < -0.4 is 15.4 Å². The zero-order valence-corrected chi connectivity index (χ0v) is 15.7. The highest BCUT2D eigenvalue weighted by Crippen LogP contribution is 2.20. The number of methoxy groups -OCH3 is 1. The molecule has 1 amide bonds. The van der Waals surface area contributed by atoms with Crippen molar-refractivity contribution in [1.29, 1.82) is 0 Å². The first-order valence-electron chi connectivity index (χ1n) is 8.76. The second-order valence-corrected chi connectivity index (χ2v) is 6.43. The predicted molar refractivity (Wildman–Crippen MR) is 108 cm³/mol. The Morgan fingerprint density at radius 2 is 1.74 bits per heavy atom. The SMILES string of the molecule is COc1ccccc1CNC(=O)c1cc(Nc2cc(C)cc(C)c2)ccn1. The fourth-order valence-corrected chi connectivity index (χ4v) is 2.96. The van der Waals surface area contributed by atoms with Crippen LogP contribution in [0.15, 0.2) is 60.8 Å². The number of carbonyl (C=O) groups is 1. The van der Waals surface area contributed by atoms with Crippen molar-refractivity contribution in [1.82, 2.24) is 10.3 Å². The summed E-state index contributed by atoms with van der Waals surface area (Å²) in [6, 6.07) is 17.4. The van der Waals surface area contributed by atoms with Gasteiger partial charge in [-0.05, 0) is 55.3 Å². The lowest BCUT2D eigenvalue weighted by atomic mass is 10.1. The Morgan fingerprint density at radius 3 is 2.48 bits per heavy atom. The quantitative estimate of drug-likeness (QED) is 0.684. The smallest absolute Gasteiger partial charge is 0.270 e. The summed E-state index contributed by atoms with van der Waals surface area (Å²) in [4.78, 5) is 16.7. The van der Waals surface area contributed by atoms with Crippen molar-refractivity contribution in [2.24, 2.45) is 0 Å². The number of nitrogens with one attached hydrogen (secondary N) is 2. The lowest BCUT2D eigenvalue weighted by Gasteiger charge is -2.11. The summed E-state index contributed by atoms with van der Waals surface area (Å²) in [5.41, 5.74) is 5.44. The number of pyridine rings is 1. The van der Waals surface area contributed by atoms with E-state index >= 15 is 0 Å². The Labute approximate surface area is 159 Å². The number of aryl methyl sites for hydroxylation is 2. The standard InChI is InChI=1S/C22H23N3O2/c1-15-10-16(2)12-19(11-15)25-18-8-9-23-20(13-18)22(26)24-14-17-6-4-5-7-21(17)27-3/h4-13H,14H2,1-3H3,(H,23,25)(H,24,26). The van der Waals surface area contributed by atoms with Gasteiger partial charge in [0.25, 0.3) is 5.91 Å². The molecule has 0 unspecified atom stereocenters. The molecule has 0 atom stereocenters. The molecule has 1 heterocycles. The van der Waals surface area contributed by atoms with E-state index in [0.717, 1.165) is 22.7 Å². The minimum absolute atomic E-state index is 0.232. The first-order chi connectivity index (χ1) is 13.0. The Morgan fingerprint density at radius 1 is 1.00 bits per heavy atom. The number of para-hydroxylation sites is 1. The van der Waals surface area contributed by atoms with Crippen LogP contribution in [0.25, 0.3) is 0 Å². The van der Waals surface area contributed by atoms with Crippen LogP contribution in [0.1, 0.15) is 27.2 Å². The number of benzene rings is 2. The Hall–Kier alpha value is -3.34. The fourth-order valence-electron chi connectivity index (χ4n) is 2.96. The van der Waals surface area contributed by atoms with Crippen LogP contribution in [0.4, 0.5) is 11.4 Å². The van der Waals surface area contributed by atoms with Crippen molar-refractivity contribution in [3.8, 4) is 5.75 Å². The van der Waals surface area contributed by atoms with Gasteiger partial charge in [0.05, 0.1) is 7.11 Å². The Kier molecular flexibility index (Phi) is 5.71. The van der Waals surface area contributed by atoms with E-state index < -0.39 is 0 Å². The lowest BCUT2D eigenvalue weighted by molar-refractivity contribution is 0.0945. The van der Waals surface area contributed by atoms with E-state index in [2.05, 4.69) is 47.7 Å². The molecule has 0 bridgehead atoms. The van der Waals surface area contributed by atoms with Gasteiger partial charge in [-0.1, -0.05) is 24.3 Å². The highest BCUT2D eigenvalue weighted by atomic mass is 16.5. The summed E-state index contributed by atoms with van der Waals surface area (Å²) >= 11 is 0. The van der Waals surface area contributed by atoms with Crippen LogP contribution >= 0.6 is 0 Å². The number of hydrogen-bond acceptors (Lipinski definition) is 4. The largest absolute Gasteiger partial charge is 0.496 e. The summed E-state index contributed by atoms with van der Waals surface area (Å²) in [6.07, 6.45) is 1.63. The molecule has 0 aliphatic carbocycles. The van der Waals surface area contributed by atoms with E-state index in [9.17, 15) is 4.79 Å². The topological polar surface area (TPSA) is 63.2 Å². The molecule has 0 saturated heterocycles. The van der Waals surface area contributed by atoms with Gasteiger partial charge in [-0.3, -0.25) is 9.78 Å². The van der Waals surface area contributed by atoms with Gasteiger partial charge in [-0.25, -0.2) is 0 Å². The maximum Gasteiger partial charge on any atom is 0.270 e. The molecule has 2 N–H and O–H groups in total.